The summed E-state index contributed by atoms with van der Waals surface area (Å²) in [5, 5.41) is 24.0. The highest BCUT2D eigenvalue weighted by Gasteiger charge is 2.03. The molecule has 0 atom stereocenters. The highest BCUT2D eigenvalue weighted by atomic mass is 35.5. The maximum atomic E-state index is 9.46. The lowest BCUT2D eigenvalue weighted by atomic mass is 10.0. The van der Waals surface area contributed by atoms with Crippen molar-refractivity contribution in [3.63, 3.8) is 0 Å². The van der Waals surface area contributed by atoms with Crippen LogP contribution in [0.3, 0.4) is 0 Å². The van der Waals surface area contributed by atoms with Gasteiger partial charge in [0.2, 0.25) is 0 Å². The molecule has 0 aliphatic heterocycles. The van der Waals surface area contributed by atoms with Crippen LogP contribution >= 0.6 is 12.4 Å². The van der Waals surface area contributed by atoms with Gasteiger partial charge < -0.3 is 15.5 Å². The van der Waals surface area contributed by atoms with Crippen molar-refractivity contribution in [1.82, 2.24) is 5.32 Å². The van der Waals surface area contributed by atoms with E-state index in [9.17, 15) is 10.2 Å². The summed E-state index contributed by atoms with van der Waals surface area (Å²) in [5.41, 5.74) is 1.23. The Morgan fingerprint density at radius 2 is 1.67 bits per heavy atom. The molecule has 18 heavy (non-hydrogen) atoms. The van der Waals surface area contributed by atoms with E-state index in [0.717, 1.165) is 30.3 Å². The Bertz CT molecular complexity index is 528. The molecule has 0 aliphatic carbocycles. The molecule has 3 N–H and O–H groups in total. The Labute approximate surface area is 113 Å². The number of phenolic OH excluding ortho intramolecular Hbond substituents is 2. The van der Waals surface area contributed by atoms with Crippen molar-refractivity contribution < 1.29 is 10.2 Å². The van der Waals surface area contributed by atoms with Crippen molar-refractivity contribution in [3.8, 4) is 11.5 Å². The second kappa shape index (κ2) is 6.47. The number of phenols is 2. The van der Waals surface area contributed by atoms with Gasteiger partial charge in [-0.05, 0) is 48.0 Å². The van der Waals surface area contributed by atoms with E-state index < -0.39 is 0 Å². The van der Waals surface area contributed by atoms with Crippen LogP contribution in [0.25, 0.3) is 10.8 Å². The van der Waals surface area contributed by atoms with Crippen LogP contribution in [0.15, 0.2) is 30.3 Å². The zero-order valence-electron chi connectivity index (χ0n) is 10.3. The molecule has 0 fully saturated rings. The maximum Gasteiger partial charge on any atom is 0.158 e. The van der Waals surface area contributed by atoms with Gasteiger partial charge in [-0.3, -0.25) is 0 Å². The maximum absolute atomic E-state index is 9.46. The molecule has 3 nitrogen and oxygen atoms in total. The van der Waals surface area contributed by atoms with Crippen molar-refractivity contribution in [2.24, 2.45) is 0 Å². The molecule has 4 heteroatoms. The van der Waals surface area contributed by atoms with Gasteiger partial charge in [-0.2, -0.15) is 0 Å². The molecule has 0 bridgehead atoms. The van der Waals surface area contributed by atoms with Crippen molar-refractivity contribution in [2.75, 3.05) is 13.1 Å². The fraction of sp³-hybridized carbons (Fsp3) is 0.286. The van der Waals surface area contributed by atoms with E-state index >= 15 is 0 Å². The molecule has 0 saturated heterocycles. The van der Waals surface area contributed by atoms with Crippen molar-refractivity contribution >= 4 is 23.2 Å². The van der Waals surface area contributed by atoms with Gasteiger partial charge >= 0.3 is 0 Å². The predicted molar refractivity (Wildman–Crippen MR) is 76.8 cm³/mol. The summed E-state index contributed by atoms with van der Waals surface area (Å²) in [5.74, 6) is -0.140. The number of benzene rings is 2. The Hall–Kier alpha value is -1.45. The smallest absolute Gasteiger partial charge is 0.158 e. The fourth-order valence-electron chi connectivity index (χ4n) is 1.89. The Kier molecular flexibility index (Phi) is 5.25. The third kappa shape index (κ3) is 3.28. The van der Waals surface area contributed by atoms with Crippen LogP contribution < -0.4 is 5.32 Å². The van der Waals surface area contributed by atoms with Gasteiger partial charge in [-0.15, -0.1) is 12.4 Å². The molecule has 2 aromatic carbocycles. The van der Waals surface area contributed by atoms with E-state index in [1.165, 1.54) is 5.56 Å². The first-order chi connectivity index (χ1) is 8.20. The molecular formula is C14H18ClNO2. The van der Waals surface area contributed by atoms with Crippen LogP contribution in [-0.2, 0) is 6.42 Å². The summed E-state index contributed by atoms with van der Waals surface area (Å²) >= 11 is 0. The molecule has 0 spiro atoms. The second-order valence-electron chi connectivity index (χ2n) is 4.13. The number of hydrogen-bond acceptors (Lipinski definition) is 3. The zero-order valence-corrected chi connectivity index (χ0v) is 11.1. The average Bonchev–Trinajstić information content (AvgIpc) is 2.31. The van der Waals surface area contributed by atoms with Crippen molar-refractivity contribution in [1.29, 1.82) is 0 Å². The van der Waals surface area contributed by atoms with Gasteiger partial charge in [0.05, 0.1) is 0 Å². The molecule has 2 rings (SSSR count). The zero-order chi connectivity index (χ0) is 12.3. The van der Waals surface area contributed by atoms with E-state index in [-0.39, 0.29) is 23.9 Å². The van der Waals surface area contributed by atoms with E-state index in [2.05, 4.69) is 18.3 Å². The summed E-state index contributed by atoms with van der Waals surface area (Å²) in [6.45, 7) is 4.01. The number of nitrogens with one attached hydrogen (secondary N) is 1. The highest BCUT2D eigenvalue weighted by molar-refractivity contribution is 5.86. The quantitative estimate of drug-likeness (QED) is 0.590. The molecule has 0 radical (unpaired) electrons. The van der Waals surface area contributed by atoms with Crippen LogP contribution in [0.2, 0.25) is 0 Å². The molecule has 0 aliphatic rings. The SMILES string of the molecule is CCNCCc1ccc2cc(O)c(O)cc2c1.Cl. The molecule has 0 heterocycles. The Morgan fingerprint density at radius 1 is 1.00 bits per heavy atom. The largest absolute Gasteiger partial charge is 0.504 e. The highest BCUT2D eigenvalue weighted by Crippen LogP contribution is 2.30. The van der Waals surface area contributed by atoms with Crippen LogP contribution in [-0.4, -0.2) is 23.3 Å². The number of halogens is 1. The number of rotatable bonds is 4. The van der Waals surface area contributed by atoms with Crippen LogP contribution in [0.5, 0.6) is 11.5 Å². The number of aromatic hydroxyl groups is 2. The summed E-state index contributed by atoms with van der Waals surface area (Å²) in [4.78, 5) is 0. The first-order valence-corrected chi connectivity index (χ1v) is 5.86. The number of hydrogen-bond donors (Lipinski definition) is 3. The van der Waals surface area contributed by atoms with Gasteiger partial charge in [0.15, 0.2) is 11.5 Å². The van der Waals surface area contributed by atoms with Crippen LogP contribution in [0.1, 0.15) is 12.5 Å². The fourth-order valence-corrected chi connectivity index (χ4v) is 1.89. The molecule has 0 unspecified atom stereocenters. The first-order valence-electron chi connectivity index (χ1n) is 5.86. The predicted octanol–water partition coefficient (Wildman–Crippen LogP) is 2.82. The summed E-state index contributed by atoms with van der Waals surface area (Å²) < 4.78 is 0. The number of fused-ring (bicyclic) bond motifs is 1. The van der Waals surface area contributed by atoms with Gasteiger partial charge in [0, 0.05) is 0 Å². The van der Waals surface area contributed by atoms with Crippen LogP contribution in [0, 0.1) is 0 Å². The molecule has 0 aromatic heterocycles. The average molecular weight is 268 g/mol. The van der Waals surface area contributed by atoms with E-state index in [1.807, 2.05) is 12.1 Å². The van der Waals surface area contributed by atoms with Gasteiger partial charge in [0.1, 0.15) is 0 Å². The molecule has 98 valence electrons. The standard InChI is InChI=1S/C14H17NO2.ClH/c1-2-15-6-5-10-3-4-11-8-13(16)14(17)9-12(11)7-10;/h3-4,7-9,15-17H,2,5-6H2,1H3;1H. The topological polar surface area (TPSA) is 52.5 Å². The van der Waals surface area contributed by atoms with Gasteiger partial charge in [-0.25, -0.2) is 0 Å². The lowest BCUT2D eigenvalue weighted by Gasteiger charge is -2.06. The minimum absolute atomic E-state index is 0. The van der Waals surface area contributed by atoms with E-state index in [1.54, 1.807) is 12.1 Å². The Morgan fingerprint density at radius 3 is 2.33 bits per heavy atom. The minimum Gasteiger partial charge on any atom is -0.504 e. The normalized spacial score (nSPS) is 10.3. The van der Waals surface area contributed by atoms with Crippen LogP contribution in [0.4, 0.5) is 0 Å². The first kappa shape index (κ1) is 14.6. The summed E-state index contributed by atoms with van der Waals surface area (Å²) in [6.07, 6.45) is 0.964. The lowest BCUT2D eigenvalue weighted by molar-refractivity contribution is 0.405. The van der Waals surface area contributed by atoms with Gasteiger partial charge in [-0.1, -0.05) is 25.1 Å². The monoisotopic (exact) mass is 267 g/mol. The molecular weight excluding hydrogens is 250 g/mol. The van der Waals surface area contributed by atoms with Crippen molar-refractivity contribution in [2.45, 2.75) is 13.3 Å². The van der Waals surface area contributed by atoms with E-state index in [4.69, 9.17) is 0 Å². The third-order valence-corrected chi connectivity index (χ3v) is 2.84. The molecule has 2 aromatic rings. The molecule has 0 saturated carbocycles. The van der Waals surface area contributed by atoms with E-state index in [0.29, 0.717) is 0 Å². The molecule has 0 amide bonds. The second-order valence-corrected chi connectivity index (χ2v) is 4.13. The summed E-state index contributed by atoms with van der Waals surface area (Å²) in [7, 11) is 0. The Balaban J connectivity index is 0.00000162. The number of likely N-dealkylation sites (N-methyl/N-ethyl adjacent to an activating group) is 1. The van der Waals surface area contributed by atoms with Crippen molar-refractivity contribution in [3.05, 3.63) is 35.9 Å². The third-order valence-electron chi connectivity index (χ3n) is 2.84. The van der Waals surface area contributed by atoms with Gasteiger partial charge in [0.25, 0.3) is 0 Å². The lowest BCUT2D eigenvalue weighted by Crippen LogP contribution is -2.15. The summed E-state index contributed by atoms with van der Waals surface area (Å²) in [6, 6.07) is 9.25. The minimum atomic E-state index is -0.0714.